The Balaban J connectivity index is 2.59. The number of thiocarbonyl (C=S) groups is 1. The largest absolute Gasteiger partial charge is 0.359 e. The predicted octanol–water partition coefficient (Wildman–Crippen LogP) is 1.68. The van der Waals surface area contributed by atoms with Crippen molar-refractivity contribution in [2.24, 2.45) is 0 Å². The summed E-state index contributed by atoms with van der Waals surface area (Å²) in [7, 11) is 0. The number of hydrogen-bond acceptors (Lipinski definition) is 2. The maximum absolute atomic E-state index is 5.10. The lowest BCUT2D eigenvalue weighted by molar-refractivity contribution is 0.653. The van der Waals surface area contributed by atoms with Crippen molar-refractivity contribution < 1.29 is 0 Å². The summed E-state index contributed by atoms with van der Waals surface area (Å²) in [6, 6.07) is 0. The molecule has 0 radical (unpaired) electrons. The molecule has 0 atom stereocenters. The van der Waals surface area contributed by atoms with Crippen molar-refractivity contribution in [2.75, 3.05) is 11.9 Å². The Morgan fingerprint density at radius 3 is 3.00 bits per heavy atom. The minimum atomic E-state index is 0.591. The van der Waals surface area contributed by atoms with Gasteiger partial charge in [-0.2, -0.15) is 5.10 Å². The zero-order valence-corrected chi connectivity index (χ0v) is 9.90. The monoisotopic (exact) mass is 224 g/mol. The molecule has 0 saturated carbocycles. The number of nitrogens with zero attached hydrogens (tertiary/aromatic N) is 2. The van der Waals surface area contributed by atoms with Crippen LogP contribution < -0.4 is 10.6 Å². The van der Waals surface area contributed by atoms with Gasteiger partial charge in [0, 0.05) is 19.3 Å². The van der Waals surface area contributed by atoms with Gasteiger partial charge in [0.1, 0.15) is 0 Å². The van der Waals surface area contributed by atoms with E-state index in [9.17, 15) is 0 Å². The van der Waals surface area contributed by atoms with Crippen LogP contribution in [0.4, 0.5) is 5.69 Å². The van der Waals surface area contributed by atoms with Crippen molar-refractivity contribution in [1.29, 1.82) is 0 Å². The minimum absolute atomic E-state index is 0.591. The SMILES string of the molecule is C=CCNC(=S)Nc1cn(CC)nc1C. The third-order valence-corrected chi connectivity index (χ3v) is 2.17. The zero-order valence-electron chi connectivity index (χ0n) is 9.08. The van der Waals surface area contributed by atoms with Crippen LogP contribution in [0.15, 0.2) is 18.9 Å². The van der Waals surface area contributed by atoms with Crippen molar-refractivity contribution in [3.8, 4) is 0 Å². The fraction of sp³-hybridized carbons (Fsp3) is 0.400. The normalized spacial score (nSPS) is 9.73. The predicted molar refractivity (Wildman–Crippen MR) is 67.1 cm³/mol. The highest BCUT2D eigenvalue weighted by molar-refractivity contribution is 7.80. The van der Waals surface area contributed by atoms with Crippen LogP contribution >= 0.6 is 12.2 Å². The molecule has 0 aliphatic heterocycles. The van der Waals surface area contributed by atoms with Crippen LogP contribution in [-0.4, -0.2) is 21.4 Å². The van der Waals surface area contributed by atoms with Gasteiger partial charge in [-0.1, -0.05) is 6.08 Å². The first kappa shape index (κ1) is 11.7. The molecule has 1 aromatic heterocycles. The van der Waals surface area contributed by atoms with Crippen molar-refractivity contribution in [2.45, 2.75) is 20.4 Å². The van der Waals surface area contributed by atoms with E-state index in [-0.39, 0.29) is 0 Å². The average Bonchev–Trinajstić information content (AvgIpc) is 2.57. The molecule has 0 saturated heterocycles. The number of anilines is 1. The van der Waals surface area contributed by atoms with Gasteiger partial charge in [0.05, 0.1) is 11.4 Å². The van der Waals surface area contributed by atoms with E-state index in [0.29, 0.717) is 11.7 Å². The first-order chi connectivity index (χ1) is 7.17. The van der Waals surface area contributed by atoms with Crippen molar-refractivity contribution >= 4 is 23.0 Å². The summed E-state index contributed by atoms with van der Waals surface area (Å²) in [5.74, 6) is 0. The first-order valence-corrected chi connectivity index (χ1v) is 5.28. The number of hydrogen-bond donors (Lipinski definition) is 2. The lowest BCUT2D eigenvalue weighted by Crippen LogP contribution is -2.28. The summed E-state index contributed by atoms with van der Waals surface area (Å²) in [5.41, 5.74) is 1.89. The summed E-state index contributed by atoms with van der Waals surface area (Å²) in [5, 5.41) is 11.0. The zero-order chi connectivity index (χ0) is 11.3. The van der Waals surface area contributed by atoms with Gasteiger partial charge < -0.3 is 10.6 Å². The molecule has 0 spiro atoms. The fourth-order valence-corrected chi connectivity index (χ4v) is 1.33. The van der Waals surface area contributed by atoms with Crippen LogP contribution in [0, 0.1) is 6.92 Å². The number of nitrogens with one attached hydrogen (secondary N) is 2. The van der Waals surface area contributed by atoms with E-state index in [1.807, 2.05) is 24.7 Å². The molecule has 1 aromatic rings. The number of aryl methyl sites for hydroxylation is 2. The molecule has 0 amide bonds. The molecule has 2 N–H and O–H groups in total. The molecule has 1 rings (SSSR count). The molecular formula is C10H16N4S. The third-order valence-electron chi connectivity index (χ3n) is 1.93. The van der Waals surface area contributed by atoms with Gasteiger partial charge in [0.25, 0.3) is 0 Å². The summed E-state index contributed by atoms with van der Waals surface area (Å²) in [6.07, 6.45) is 3.70. The standard InChI is InChI=1S/C10H16N4S/c1-4-6-11-10(15)12-9-7-14(5-2)13-8(9)3/h4,7H,1,5-6H2,2-3H3,(H2,11,12,15). The molecule has 0 aliphatic rings. The maximum atomic E-state index is 5.10. The average molecular weight is 224 g/mol. The molecule has 0 fully saturated rings. The van der Waals surface area contributed by atoms with Crippen LogP contribution in [-0.2, 0) is 6.54 Å². The van der Waals surface area contributed by atoms with E-state index < -0.39 is 0 Å². The van der Waals surface area contributed by atoms with Crippen molar-refractivity contribution in [1.82, 2.24) is 15.1 Å². The molecular weight excluding hydrogens is 208 g/mol. The molecule has 4 nitrogen and oxygen atoms in total. The molecule has 82 valence electrons. The molecule has 0 unspecified atom stereocenters. The van der Waals surface area contributed by atoms with E-state index in [1.54, 1.807) is 6.08 Å². The molecule has 0 aromatic carbocycles. The Kier molecular flexibility index (Phi) is 4.30. The second-order valence-corrected chi connectivity index (χ2v) is 3.52. The topological polar surface area (TPSA) is 41.9 Å². The summed E-state index contributed by atoms with van der Waals surface area (Å²) >= 11 is 5.10. The molecule has 0 aliphatic carbocycles. The molecule has 0 bridgehead atoms. The quantitative estimate of drug-likeness (QED) is 0.603. The number of aromatic nitrogens is 2. The fourth-order valence-electron chi connectivity index (χ4n) is 1.13. The highest BCUT2D eigenvalue weighted by atomic mass is 32.1. The van der Waals surface area contributed by atoms with E-state index in [0.717, 1.165) is 17.9 Å². The Bertz CT molecular complexity index is 356. The van der Waals surface area contributed by atoms with Crippen molar-refractivity contribution in [3.63, 3.8) is 0 Å². The first-order valence-electron chi connectivity index (χ1n) is 4.87. The highest BCUT2D eigenvalue weighted by Gasteiger charge is 2.04. The van der Waals surface area contributed by atoms with Crippen LogP contribution in [0.25, 0.3) is 0 Å². The molecule has 15 heavy (non-hydrogen) atoms. The Morgan fingerprint density at radius 1 is 1.73 bits per heavy atom. The Hall–Kier alpha value is -1.36. The second-order valence-electron chi connectivity index (χ2n) is 3.11. The smallest absolute Gasteiger partial charge is 0.171 e. The van der Waals surface area contributed by atoms with Crippen LogP contribution in [0.2, 0.25) is 0 Å². The summed E-state index contributed by atoms with van der Waals surface area (Å²) in [4.78, 5) is 0. The Labute approximate surface area is 95.4 Å². The molecule has 5 heteroatoms. The van der Waals surface area contributed by atoms with Gasteiger partial charge >= 0.3 is 0 Å². The highest BCUT2D eigenvalue weighted by Crippen LogP contribution is 2.11. The van der Waals surface area contributed by atoms with E-state index >= 15 is 0 Å². The van der Waals surface area contributed by atoms with Gasteiger partial charge in [0.15, 0.2) is 5.11 Å². The van der Waals surface area contributed by atoms with Gasteiger partial charge in [-0.05, 0) is 26.1 Å². The Morgan fingerprint density at radius 2 is 2.47 bits per heavy atom. The van der Waals surface area contributed by atoms with Crippen molar-refractivity contribution in [3.05, 3.63) is 24.5 Å². The maximum Gasteiger partial charge on any atom is 0.171 e. The lowest BCUT2D eigenvalue weighted by atomic mass is 10.4. The minimum Gasteiger partial charge on any atom is -0.359 e. The van der Waals surface area contributed by atoms with Crippen LogP contribution in [0.1, 0.15) is 12.6 Å². The molecule has 1 heterocycles. The van der Waals surface area contributed by atoms with E-state index in [2.05, 4.69) is 22.3 Å². The summed E-state index contributed by atoms with van der Waals surface area (Å²) in [6.45, 7) is 9.12. The second kappa shape index (κ2) is 5.50. The van der Waals surface area contributed by atoms with Gasteiger partial charge in [-0.25, -0.2) is 0 Å². The van der Waals surface area contributed by atoms with Gasteiger partial charge in [0.2, 0.25) is 0 Å². The number of rotatable bonds is 4. The van der Waals surface area contributed by atoms with Gasteiger partial charge in [-0.15, -0.1) is 6.58 Å². The van der Waals surface area contributed by atoms with E-state index in [1.165, 1.54) is 0 Å². The van der Waals surface area contributed by atoms with Gasteiger partial charge in [-0.3, -0.25) is 4.68 Å². The van der Waals surface area contributed by atoms with Crippen LogP contribution in [0.5, 0.6) is 0 Å². The van der Waals surface area contributed by atoms with Crippen LogP contribution in [0.3, 0.4) is 0 Å². The van der Waals surface area contributed by atoms with E-state index in [4.69, 9.17) is 12.2 Å². The third kappa shape index (κ3) is 3.36. The lowest BCUT2D eigenvalue weighted by Gasteiger charge is -2.06. The summed E-state index contributed by atoms with van der Waals surface area (Å²) < 4.78 is 1.87.